The molecule has 3 N–H and O–H groups in total. The summed E-state index contributed by atoms with van der Waals surface area (Å²) < 4.78 is 68.6. The number of phosphoric ester groups is 2. The first-order valence-corrected chi connectivity index (χ1v) is 45.0. The molecule has 19 heteroatoms. The molecule has 0 aromatic heterocycles. The highest BCUT2D eigenvalue weighted by atomic mass is 31.2. The van der Waals surface area contributed by atoms with Gasteiger partial charge in [0.05, 0.1) is 26.4 Å². The van der Waals surface area contributed by atoms with E-state index in [-0.39, 0.29) is 25.7 Å². The molecule has 0 rings (SSSR count). The lowest BCUT2D eigenvalue weighted by atomic mass is 10.0. The number of unbranched alkanes of at least 4 members (excludes halogenated alkanes) is 21. The number of hydrogen-bond donors (Lipinski definition) is 3. The maximum absolute atomic E-state index is 13.1. The van der Waals surface area contributed by atoms with Crippen molar-refractivity contribution < 1.29 is 80.2 Å². The van der Waals surface area contributed by atoms with Gasteiger partial charge in [-0.2, -0.15) is 0 Å². The summed E-state index contributed by atoms with van der Waals surface area (Å²) in [6.07, 6.45) is 98.8. The van der Waals surface area contributed by atoms with E-state index >= 15 is 0 Å². The maximum atomic E-state index is 13.1. The second-order valence-corrected chi connectivity index (χ2v) is 30.2. The Hall–Kier alpha value is -5.84. The van der Waals surface area contributed by atoms with Gasteiger partial charge in [-0.05, 0) is 154 Å². The molecular weight excluding hydrogens is 1430 g/mol. The monoisotopic (exact) mass is 1580 g/mol. The van der Waals surface area contributed by atoms with Crippen LogP contribution in [0.25, 0.3) is 0 Å². The normalized spacial score (nSPS) is 14.7. The van der Waals surface area contributed by atoms with Crippen LogP contribution in [0.1, 0.15) is 310 Å². The van der Waals surface area contributed by atoms with Crippen molar-refractivity contribution in [3.63, 3.8) is 0 Å². The van der Waals surface area contributed by atoms with Crippen LogP contribution in [0.2, 0.25) is 0 Å². The molecule has 17 nitrogen and oxygen atoms in total. The lowest BCUT2D eigenvalue weighted by molar-refractivity contribution is -0.161. The molecule has 0 spiro atoms. The van der Waals surface area contributed by atoms with Gasteiger partial charge in [0.25, 0.3) is 0 Å². The smallest absolute Gasteiger partial charge is 0.462 e. The predicted octanol–water partition coefficient (Wildman–Crippen LogP) is 25.1. The summed E-state index contributed by atoms with van der Waals surface area (Å²) in [7, 11) is -10.0. The molecule has 0 saturated heterocycles. The summed E-state index contributed by atoms with van der Waals surface area (Å²) in [5.74, 6) is -2.35. The molecule has 0 aliphatic carbocycles. The van der Waals surface area contributed by atoms with Crippen LogP contribution in [-0.4, -0.2) is 96.7 Å². The predicted molar refractivity (Wildman–Crippen MR) is 454 cm³/mol. The maximum Gasteiger partial charge on any atom is 0.472 e. The number of carbonyl (C=O) groups is 4. The minimum atomic E-state index is -5.02. The van der Waals surface area contributed by atoms with Crippen molar-refractivity contribution in [2.45, 2.75) is 329 Å². The van der Waals surface area contributed by atoms with Gasteiger partial charge in [-0.1, -0.05) is 313 Å². The fourth-order valence-electron chi connectivity index (χ4n) is 10.5. The number of rotatable bonds is 77. The van der Waals surface area contributed by atoms with Gasteiger partial charge in [0, 0.05) is 25.7 Å². The Balaban J connectivity index is 5.53. The molecule has 0 aliphatic heterocycles. The molecule has 0 radical (unpaired) electrons. The molecule has 5 atom stereocenters. The number of phosphoric acid groups is 2. The number of allylic oxidation sites excluding steroid dienone is 30. The Morgan fingerprint density at radius 2 is 0.491 bits per heavy atom. The number of esters is 4. The third-order valence-electron chi connectivity index (χ3n) is 16.9. The summed E-state index contributed by atoms with van der Waals surface area (Å²) >= 11 is 0. The van der Waals surface area contributed by atoms with Gasteiger partial charge in [-0.15, -0.1) is 0 Å². The molecular formula is C91H148O17P2. The molecule has 0 bridgehead atoms. The van der Waals surface area contributed by atoms with Crippen molar-refractivity contribution in [2.75, 3.05) is 39.6 Å². The van der Waals surface area contributed by atoms with Crippen molar-refractivity contribution in [3.05, 3.63) is 182 Å². The van der Waals surface area contributed by atoms with Gasteiger partial charge in [-0.3, -0.25) is 37.3 Å². The van der Waals surface area contributed by atoms with Crippen LogP contribution in [-0.2, 0) is 65.4 Å². The summed E-state index contributed by atoms with van der Waals surface area (Å²) in [6, 6.07) is 0. The average Bonchev–Trinajstić information content (AvgIpc) is 0.906. The highest BCUT2D eigenvalue weighted by Gasteiger charge is 2.30. The molecule has 0 heterocycles. The molecule has 624 valence electrons. The van der Waals surface area contributed by atoms with Gasteiger partial charge < -0.3 is 33.8 Å². The van der Waals surface area contributed by atoms with E-state index in [1.54, 1.807) is 0 Å². The van der Waals surface area contributed by atoms with Crippen LogP contribution in [0.15, 0.2) is 182 Å². The third kappa shape index (κ3) is 80.2. The van der Waals surface area contributed by atoms with Gasteiger partial charge in [0.2, 0.25) is 0 Å². The quantitative estimate of drug-likeness (QED) is 0.0169. The second-order valence-electron chi connectivity index (χ2n) is 27.3. The summed E-state index contributed by atoms with van der Waals surface area (Å²) in [4.78, 5) is 73.2. The Bertz CT molecular complexity index is 2800. The molecule has 0 aromatic rings. The zero-order chi connectivity index (χ0) is 80.3. The minimum Gasteiger partial charge on any atom is -0.462 e. The van der Waals surface area contributed by atoms with Crippen LogP contribution in [0.4, 0.5) is 0 Å². The van der Waals surface area contributed by atoms with Crippen molar-refractivity contribution in [3.8, 4) is 0 Å². The van der Waals surface area contributed by atoms with E-state index in [9.17, 15) is 43.2 Å². The highest BCUT2D eigenvalue weighted by molar-refractivity contribution is 7.47. The first kappa shape index (κ1) is 104. The minimum absolute atomic E-state index is 0.0436. The molecule has 0 fully saturated rings. The second kappa shape index (κ2) is 81.2. The number of carbonyl (C=O) groups excluding carboxylic acids is 4. The third-order valence-corrected chi connectivity index (χ3v) is 18.8. The number of hydrogen-bond acceptors (Lipinski definition) is 15. The average molecular weight is 1580 g/mol. The summed E-state index contributed by atoms with van der Waals surface area (Å²) in [6.45, 7) is 4.46. The fourth-order valence-corrected chi connectivity index (χ4v) is 12.1. The number of aliphatic hydroxyl groups excluding tert-OH is 1. The molecule has 0 aromatic carbocycles. The Labute approximate surface area is 666 Å². The van der Waals surface area contributed by atoms with Crippen LogP contribution in [0.5, 0.6) is 0 Å². The Kier molecular flexibility index (Phi) is 76.9. The van der Waals surface area contributed by atoms with Crippen LogP contribution in [0.3, 0.4) is 0 Å². The largest absolute Gasteiger partial charge is 0.472 e. The Morgan fingerprint density at radius 3 is 0.800 bits per heavy atom. The fraction of sp³-hybridized carbons (Fsp3) is 0.626. The topological polar surface area (TPSA) is 237 Å². The molecule has 0 amide bonds. The molecule has 110 heavy (non-hydrogen) atoms. The van der Waals surface area contributed by atoms with Gasteiger partial charge in [0.15, 0.2) is 12.2 Å². The van der Waals surface area contributed by atoms with Crippen molar-refractivity contribution >= 4 is 39.5 Å². The van der Waals surface area contributed by atoms with Crippen LogP contribution >= 0.6 is 15.6 Å². The number of aliphatic hydroxyl groups is 1. The first-order chi connectivity index (χ1) is 53.7. The van der Waals surface area contributed by atoms with Gasteiger partial charge >= 0.3 is 39.5 Å². The zero-order valence-electron chi connectivity index (χ0n) is 68.4. The van der Waals surface area contributed by atoms with E-state index in [1.807, 2.05) is 18.2 Å². The van der Waals surface area contributed by atoms with E-state index < -0.39 is 97.5 Å². The SMILES string of the molecule is CC/C=C\C/C=C\C/C=C\C/C=C\C/C=C\CCCCCC(=O)OC[C@H](COP(=O)(O)OC[C@@H](O)COP(=O)(O)OC[C@@H](COC(=O)CCCCCCCCCCCCCCC)OC(=O)CCCCC/C=C\C/C=C\C/C=C\C/C=C\C/C=C\CC)OC(=O)CC/C=C\C/C=C\C/C=C\C/C=C\C/C=C\CCCCC. The van der Waals surface area contributed by atoms with Crippen molar-refractivity contribution in [1.29, 1.82) is 0 Å². The summed E-state index contributed by atoms with van der Waals surface area (Å²) in [5.41, 5.74) is 0. The van der Waals surface area contributed by atoms with E-state index in [4.69, 9.17) is 37.0 Å². The Morgan fingerprint density at radius 1 is 0.264 bits per heavy atom. The molecule has 0 saturated carbocycles. The molecule has 2 unspecified atom stereocenters. The number of ether oxygens (including phenoxy) is 4. The lowest BCUT2D eigenvalue weighted by Gasteiger charge is -2.21. The van der Waals surface area contributed by atoms with E-state index in [0.29, 0.717) is 32.1 Å². The van der Waals surface area contributed by atoms with Gasteiger partial charge in [-0.25, -0.2) is 9.13 Å². The van der Waals surface area contributed by atoms with E-state index in [1.165, 1.54) is 70.6 Å². The zero-order valence-corrected chi connectivity index (χ0v) is 70.1. The first-order valence-electron chi connectivity index (χ1n) is 42.0. The van der Waals surface area contributed by atoms with E-state index in [2.05, 4.69) is 192 Å². The molecule has 0 aliphatic rings. The lowest BCUT2D eigenvalue weighted by Crippen LogP contribution is -2.30. The van der Waals surface area contributed by atoms with Crippen LogP contribution in [0, 0.1) is 0 Å². The van der Waals surface area contributed by atoms with Gasteiger partial charge in [0.1, 0.15) is 19.3 Å². The van der Waals surface area contributed by atoms with Crippen LogP contribution < -0.4 is 0 Å². The highest BCUT2D eigenvalue weighted by Crippen LogP contribution is 2.45. The summed E-state index contributed by atoms with van der Waals surface area (Å²) in [5, 5.41) is 10.7. The van der Waals surface area contributed by atoms with E-state index in [0.717, 1.165) is 154 Å². The van der Waals surface area contributed by atoms with Crippen molar-refractivity contribution in [2.24, 2.45) is 0 Å². The standard InChI is InChI=1S/C91H148O17P2/c1-5-9-13-17-21-25-29-33-36-39-42-45-48-52-56-60-64-68-72-76-89(94)102-82-87(108-91(96)78-74-70-66-62-58-54-50-47-44-41-38-35-31-27-23-19-15-11-7-3)84-106-110(99,100)104-80-85(92)79-103-109(97,98)105-83-86(81-101-88(93)75-71-67-63-59-55-51-32-28-24-20-16-12-8-4)107-90(95)77-73-69-65-61-57-53-49-46-43-40-37-34-30-26-22-18-14-10-6-2/h9-10,13-14,21-23,25-27,33-38,42-47,52-54,56-58,66,70,85-87,92H,5-8,11-12,15-20,24,28-32,39-41,48-51,55,59-65,67-69,71-84H2,1-4H3,(H,97,98)(H,99,100)/b13-9-,14-10-,25-21-,26-22-,27-23-,36-33-,37-34-,38-35-,45-42-,46-43-,47-44-,56-52-,57-53-,58-54-,70-66-/t85-,86+,87+/m0/s1. The van der Waals surface area contributed by atoms with Crippen molar-refractivity contribution in [1.82, 2.24) is 0 Å².